The van der Waals surface area contributed by atoms with Crippen molar-refractivity contribution < 1.29 is 0 Å². The van der Waals surface area contributed by atoms with Crippen molar-refractivity contribution in [1.82, 2.24) is 14.6 Å². The lowest BCUT2D eigenvalue weighted by molar-refractivity contribution is 0.836. The molecule has 19 heavy (non-hydrogen) atoms. The number of rotatable bonds is 3. The van der Waals surface area contributed by atoms with E-state index in [4.69, 9.17) is 5.26 Å². The van der Waals surface area contributed by atoms with E-state index in [1.807, 2.05) is 18.2 Å². The SMILES string of the molecule is N#Cc1ccn2nc(CCc3ccccc3)nc2c1. The molecule has 3 rings (SSSR count). The van der Waals surface area contributed by atoms with Crippen LogP contribution in [0.1, 0.15) is 17.0 Å². The van der Waals surface area contributed by atoms with Crippen molar-refractivity contribution in [3.8, 4) is 6.07 Å². The van der Waals surface area contributed by atoms with Crippen molar-refractivity contribution in [3.63, 3.8) is 0 Å². The number of fused-ring (bicyclic) bond motifs is 1. The molecule has 0 fully saturated rings. The first-order valence-electron chi connectivity index (χ1n) is 6.14. The highest BCUT2D eigenvalue weighted by Gasteiger charge is 2.04. The van der Waals surface area contributed by atoms with Crippen LogP contribution in [0.25, 0.3) is 5.65 Å². The molecule has 0 radical (unpaired) electrons. The fraction of sp³-hybridized carbons (Fsp3) is 0.133. The van der Waals surface area contributed by atoms with Crippen LogP contribution in [0.3, 0.4) is 0 Å². The van der Waals surface area contributed by atoms with Gasteiger partial charge in [0.2, 0.25) is 0 Å². The van der Waals surface area contributed by atoms with Crippen LogP contribution in [0.2, 0.25) is 0 Å². The third-order valence-electron chi connectivity index (χ3n) is 2.99. The van der Waals surface area contributed by atoms with Crippen LogP contribution >= 0.6 is 0 Å². The zero-order valence-electron chi connectivity index (χ0n) is 10.3. The van der Waals surface area contributed by atoms with Crippen molar-refractivity contribution in [3.05, 3.63) is 65.6 Å². The lowest BCUT2D eigenvalue weighted by atomic mass is 10.1. The van der Waals surface area contributed by atoms with Gasteiger partial charge in [-0.3, -0.25) is 0 Å². The lowest BCUT2D eigenvalue weighted by Gasteiger charge is -1.96. The molecule has 0 saturated carbocycles. The maximum Gasteiger partial charge on any atom is 0.156 e. The predicted molar refractivity (Wildman–Crippen MR) is 71.6 cm³/mol. The van der Waals surface area contributed by atoms with Gasteiger partial charge in [0.25, 0.3) is 0 Å². The first-order valence-corrected chi connectivity index (χ1v) is 6.14. The van der Waals surface area contributed by atoms with Crippen LogP contribution in [0, 0.1) is 11.3 Å². The van der Waals surface area contributed by atoms with Crippen LogP contribution < -0.4 is 0 Å². The maximum absolute atomic E-state index is 8.85. The summed E-state index contributed by atoms with van der Waals surface area (Å²) in [6.45, 7) is 0. The summed E-state index contributed by atoms with van der Waals surface area (Å²) in [6.07, 6.45) is 3.49. The van der Waals surface area contributed by atoms with Crippen molar-refractivity contribution >= 4 is 5.65 Å². The third kappa shape index (κ3) is 2.45. The van der Waals surface area contributed by atoms with Crippen LogP contribution in [0.5, 0.6) is 0 Å². The smallest absolute Gasteiger partial charge is 0.156 e. The van der Waals surface area contributed by atoms with Gasteiger partial charge >= 0.3 is 0 Å². The molecule has 2 aromatic heterocycles. The van der Waals surface area contributed by atoms with Gasteiger partial charge in [0, 0.05) is 18.7 Å². The molecule has 0 bridgehead atoms. The van der Waals surface area contributed by atoms with Gasteiger partial charge in [-0.05, 0) is 18.1 Å². The van der Waals surface area contributed by atoms with Crippen LogP contribution in [0.4, 0.5) is 0 Å². The Morgan fingerprint density at radius 1 is 1.11 bits per heavy atom. The Balaban J connectivity index is 1.80. The minimum Gasteiger partial charge on any atom is -0.221 e. The fourth-order valence-corrected chi connectivity index (χ4v) is 2.00. The Hall–Kier alpha value is -2.67. The standard InChI is InChI=1S/C15H12N4/c16-11-13-8-9-19-15(10-13)17-14(18-19)7-6-12-4-2-1-3-5-12/h1-5,8-10H,6-7H2. The average molecular weight is 248 g/mol. The number of benzene rings is 1. The quantitative estimate of drug-likeness (QED) is 0.715. The zero-order valence-corrected chi connectivity index (χ0v) is 10.3. The molecule has 4 heteroatoms. The molecule has 0 aliphatic rings. The summed E-state index contributed by atoms with van der Waals surface area (Å²) in [6, 6.07) is 15.9. The molecule has 0 aliphatic heterocycles. The summed E-state index contributed by atoms with van der Waals surface area (Å²) >= 11 is 0. The maximum atomic E-state index is 8.85. The molecule has 0 amide bonds. The Bertz CT molecular complexity index is 738. The van der Waals surface area contributed by atoms with Gasteiger partial charge in [0.1, 0.15) is 0 Å². The fourth-order valence-electron chi connectivity index (χ4n) is 2.00. The van der Waals surface area contributed by atoms with Crippen LogP contribution in [-0.4, -0.2) is 14.6 Å². The number of nitrogens with zero attached hydrogens (tertiary/aromatic N) is 4. The summed E-state index contributed by atoms with van der Waals surface area (Å²) in [5.41, 5.74) is 2.61. The number of aryl methyl sites for hydroxylation is 2. The molecular weight excluding hydrogens is 236 g/mol. The molecule has 1 aromatic carbocycles. The lowest BCUT2D eigenvalue weighted by Crippen LogP contribution is -1.94. The second kappa shape index (κ2) is 4.91. The summed E-state index contributed by atoms with van der Waals surface area (Å²) in [7, 11) is 0. The molecule has 0 aliphatic carbocycles. The summed E-state index contributed by atoms with van der Waals surface area (Å²) < 4.78 is 1.71. The minimum atomic E-state index is 0.606. The van der Waals surface area contributed by atoms with Gasteiger partial charge in [0.15, 0.2) is 11.5 Å². The summed E-state index contributed by atoms with van der Waals surface area (Å²) in [5, 5.41) is 13.2. The highest BCUT2D eigenvalue weighted by atomic mass is 15.3. The third-order valence-corrected chi connectivity index (χ3v) is 2.99. The molecule has 3 aromatic rings. The normalized spacial score (nSPS) is 10.5. The number of aromatic nitrogens is 3. The van der Waals surface area contributed by atoms with Gasteiger partial charge in [-0.1, -0.05) is 30.3 Å². The molecule has 92 valence electrons. The Labute approximate surface area is 111 Å². The topological polar surface area (TPSA) is 54.0 Å². The molecule has 4 nitrogen and oxygen atoms in total. The highest BCUT2D eigenvalue weighted by molar-refractivity contribution is 5.44. The van der Waals surface area contributed by atoms with Crippen molar-refractivity contribution in [1.29, 1.82) is 5.26 Å². The molecule has 0 unspecified atom stereocenters. The number of pyridine rings is 1. The van der Waals surface area contributed by atoms with Crippen LogP contribution in [-0.2, 0) is 12.8 Å². The molecular formula is C15H12N4. The first kappa shape index (κ1) is 11.4. The van der Waals surface area contributed by atoms with E-state index in [1.54, 1.807) is 22.8 Å². The van der Waals surface area contributed by atoms with Gasteiger partial charge in [0.05, 0.1) is 11.6 Å². The van der Waals surface area contributed by atoms with Crippen molar-refractivity contribution in [2.45, 2.75) is 12.8 Å². The minimum absolute atomic E-state index is 0.606. The predicted octanol–water partition coefficient (Wildman–Crippen LogP) is 2.39. The van der Waals surface area contributed by atoms with E-state index in [0.29, 0.717) is 5.56 Å². The van der Waals surface area contributed by atoms with Gasteiger partial charge < -0.3 is 0 Å². The number of nitriles is 1. The Morgan fingerprint density at radius 2 is 1.95 bits per heavy atom. The first-order chi connectivity index (χ1) is 9.35. The largest absolute Gasteiger partial charge is 0.221 e. The molecule has 0 N–H and O–H groups in total. The van der Waals surface area contributed by atoms with E-state index < -0.39 is 0 Å². The summed E-state index contributed by atoms with van der Waals surface area (Å²) in [4.78, 5) is 4.44. The average Bonchev–Trinajstić information content (AvgIpc) is 2.88. The highest BCUT2D eigenvalue weighted by Crippen LogP contribution is 2.08. The molecule has 0 spiro atoms. The van der Waals surface area contributed by atoms with E-state index >= 15 is 0 Å². The second-order valence-corrected chi connectivity index (χ2v) is 4.34. The molecule has 2 heterocycles. The van der Waals surface area contributed by atoms with Gasteiger partial charge in [-0.15, -0.1) is 0 Å². The van der Waals surface area contributed by atoms with Crippen molar-refractivity contribution in [2.75, 3.05) is 0 Å². The number of hydrogen-bond acceptors (Lipinski definition) is 3. The van der Waals surface area contributed by atoms with E-state index in [2.05, 4.69) is 28.3 Å². The second-order valence-electron chi connectivity index (χ2n) is 4.34. The monoisotopic (exact) mass is 248 g/mol. The molecule has 0 saturated heterocycles. The van der Waals surface area contributed by atoms with Crippen molar-refractivity contribution in [2.24, 2.45) is 0 Å². The van der Waals surface area contributed by atoms with E-state index in [9.17, 15) is 0 Å². The Morgan fingerprint density at radius 3 is 2.74 bits per heavy atom. The number of hydrogen-bond donors (Lipinski definition) is 0. The van der Waals surface area contributed by atoms with Crippen LogP contribution in [0.15, 0.2) is 48.7 Å². The van der Waals surface area contributed by atoms with E-state index in [0.717, 1.165) is 24.3 Å². The zero-order chi connectivity index (χ0) is 13.1. The van der Waals surface area contributed by atoms with E-state index in [1.165, 1.54) is 5.56 Å². The summed E-state index contributed by atoms with van der Waals surface area (Å²) in [5.74, 6) is 0.805. The van der Waals surface area contributed by atoms with E-state index in [-0.39, 0.29) is 0 Å². The van der Waals surface area contributed by atoms with Gasteiger partial charge in [-0.2, -0.15) is 10.4 Å². The van der Waals surface area contributed by atoms with Gasteiger partial charge in [-0.25, -0.2) is 9.50 Å². The molecule has 0 atom stereocenters. The Kier molecular flexibility index (Phi) is 2.95.